The quantitative estimate of drug-likeness (QED) is 0.905. The summed E-state index contributed by atoms with van der Waals surface area (Å²) in [6.07, 6.45) is -0.894. The van der Waals surface area contributed by atoms with Crippen molar-refractivity contribution in [3.05, 3.63) is 70.0 Å². The van der Waals surface area contributed by atoms with Crippen LogP contribution in [-0.2, 0) is 0 Å². The lowest BCUT2D eigenvalue weighted by Gasteiger charge is -2.23. The van der Waals surface area contributed by atoms with Gasteiger partial charge in [0.25, 0.3) is 0 Å². The SMILES string of the molecule is Cc1cc(Cl)cc(C(O)C(CN)c2ccccc2F)c1. The van der Waals surface area contributed by atoms with Crippen molar-refractivity contribution in [1.29, 1.82) is 0 Å². The van der Waals surface area contributed by atoms with E-state index in [2.05, 4.69) is 0 Å². The van der Waals surface area contributed by atoms with Gasteiger partial charge in [0.05, 0.1) is 6.10 Å². The Morgan fingerprint density at radius 3 is 2.55 bits per heavy atom. The van der Waals surface area contributed by atoms with Crippen molar-refractivity contribution >= 4 is 11.6 Å². The fourth-order valence-corrected chi connectivity index (χ4v) is 2.67. The molecule has 2 aromatic rings. The predicted octanol–water partition coefficient (Wildman–Crippen LogP) is 3.56. The summed E-state index contributed by atoms with van der Waals surface area (Å²) in [6, 6.07) is 11.7. The molecule has 2 unspecified atom stereocenters. The van der Waals surface area contributed by atoms with Crippen LogP contribution in [0.2, 0.25) is 5.02 Å². The van der Waals surface area contributed by atoms with Gasteiger partial charge in [-0.05, 0) is 41.8 Å². The summed E-state index contributed by atoms with van der Waals surface area (Å²) in [5.74, 6) is -0.866. The van der Waals surface area contributed by atoms with E-state index >= 15 is 0 Å². The Balaban J connectivity index is 2.39. The molecule has 0 heterocycles. The minimum atomic E-state index is -0.894. The molecule has 2 atom stereocenters. The number of rotatable bonds is 4. The molecule has 0 bridgehead atoms. The zero-order chi connectivity index (χ0) is 14.7. The molecule has 3 N–H and O–H groups in total. The standard InChI is InChI=1S/C16H17ClFNO/c1-10-6-11(8-12(17)7-10)16(20)14(9-19)13-4-2-3-5-15(13)18/h2-8,14,16,20H,9,19H2,1H3. The van der Waals surface area contributed by atoms with Crippen molar-refractivity contribution in [2.24, 2.45) is 5.73 Å². The molecule has 0 saturated carbocycles. The van der Waals surface area contributed by atoms with Crippen LogP contribution in [0.15, 0.2) is 42.5 Å². The summed E-state index contributed by atoms with van der Waals surface area (Å²) in [7, 11) is 0. The molecule has 0 spiro atoms. The molecule has 0 aliphatic rings. The summed E-state index contributed by atoms with van der Waals surface area (Å²) in [5.41, 5.74) is 7.73. The molecular formula is C16H17ClFNO. The molecule has 106 valence electrons. The van der Waals surface area contributed by atoms with Crippen LogP contribution in [-0.4, -0.2) is 11.7 Å². The van der Waals surface area contributed by atoms with Crippen LogP contribution in [0.4, 0.5) is 4.39 Å². The average Bonchev–Trinajstić information content (AvgIpc) is 2.40. The third-order valence-electron chi connectivity index (χ3n) is 3.35. The maximum absolute atomic E-state index is 13.9. The van der Waals surface area contributed by atoms with Crippen molar-refractivity contribution in [2.75, 3.05) is 6.54 Å². The van der Waals surface area contributed by atoms with Crippen molar-refractivity contribution in [1.82, 2.24) is 0 Å². The van der Waals surface area contributed by atoms with Gasteiger partial charge in [-0.1, -0.05) is 35.9 Å². The van der Waals surface area contributed by atoms with Crippen molar-refractivity contribution < 1.29 is 9.50 Å². The molecule has 2 aromatic carbocycles. The first-order valence-electron chi connectivity index (χ1n) is 6.42. The lowest BCUT2D eigenvalue weighted by atomic mass is 9.88. The van der Waals surface area contributed by atoms with E-state index in [4.69, 9.17) is 17.3 Å². The molecule has 0 aromatic heterocycles. The van der Waals surface area contributed by atoms with Crippen LogP contribution in [0, 0.1) is 12.7 Å². The Morgan fingerprint density at radius 1 is 1.25 bits per heavy atom. The van der Waals surface area contributed by atoms with E-state index in [1.54, 1.807) is 30.3 Å². The Kier molecular flexibility index (Phi) is 4.76. The number of nitrogens with two attached hydrogens (primary N) is 1. The van der Waals surface area contributed by atoms with Crippen LogP contribution in [0.5, 0.6) is 0 Å². The average molecular weight is 294 g/mol. The number of aliphatic hydroxyl groups is 1. The monoisotopic (exact) mass is 293 g/mol. The number of aliphatic hydroxyl groups excluding tert-OH is 1. The van der Waals surface area contributed by atoms with E-state index in [0.29, 0.717) is 16.1 Å². The Hall–Kier alpha value is -1.42. The maximum atomic E-state index is 13.9. The number of aryl methyl sites for hydroxylation is 1. The first-order chi connectivity index (χ1) is 9.52. The van der Waals surface area contributed by atoms with Crippen LogP contribution < -0.4 is 5.73 Å². The number of halogens is 2. The fourth-order valence-electron chi connectivity index (χ4n) is 2.37. The van der Waals surface area contributed by atoms with Crippen LogP contribution in [0.3, 0.4) is 0 Å². The summed E-state index contributed by atoms with van der Waals surface area (Å²) in [5, 5.41) is 11.0. The Labute approximate surface area is 123 Å². The largest absolute Gasteiger partial charge is 0.388 e. The highest BCUT2D eigenvalue weighted by atomic mass is 35.5. The van der Waals surface area contributed by atoms with Crippen LogP contribution >= 0.6 is 11.6 Å². The second-order valence-electron chi connectivity index (χ2n) is 4.87. The van der Waals surface area contributed by atoms with E-state index in [9.17, 15) is 9.50 Å². The highest BCUT2D eigenvalue weighted by Gasteiger charge is 2.24. The van der Waals surface area contributed by atoms with E-state index in [-0.39, 0.29) is 12.4 Å². The fraction of sp³-hybridized carbons (Fsp3) is 0.250. The lowest BCUT2D eigenvalue weighted by Crippen LogP contribution is -2.21. The van der Waals surface area contributed by atoms with Gasteiger partial charge < -0.3 is 10.8 Å². The molecule has 4 heteroatoms. The molecule has 0 aliphatic carbocycles. The van der Waals surface area contributed by atoms with E-state index < -0.39 is 12.0 Å². The number of benzene rings is 2. The first-order valence-corrected chi connectivity index (χ1v) is 6.80. The van der Waals surface area contributed by atoms with Gasteiger partial charge in [-0.2, -0.15) is 0 Å². The molecular weight excluding hydrogens is 277 g/mol. The van der Waals surface area contributed by atoms with Crippen LogP contribution in [0.1, 0.15) is 28.7 Å². The van der Waals surface area contributed by atoms with Crippen molar-refractivity contribution in [3.63, 3.8) is 0 Å². The van der Waals surface area contributed by atoms with Crippen molar-refractivity contribution in [2.45, 2.75) is 18.9 Å². The third kappa shape index (κ3) is 3.18. The van der Waals surface area contributed by atoms with Gasteiger partial charge >= 0.3 is 0 Å². The summed E-state index contributed by atoms with van der Waals surface area (Å²) < 4.78 is 13.9. The van der Waals surface area contributed by atoms with Gasteiger partial charge in [0.2, 0.25) is 0 Å². The molecule has 20 heavy (non-hydrogen) atoms. The summed E-state index contributed by atoms with van der Waals surface area (Å²) in [4.78, 5) is 0. The van der Waals surface area contributed by atoms with E-state index in [1.165, 1.54) is 6.07 Å². The van der Waals surface area contributed by atoms with Crippen LogP contribution in [0.25, 0.3) is 0 Å². The molecule has 2 nitrogen and oxygen atoms in total. The minimum Gasteiger partial charge on any atom is -0.388 e. The maximum Gasteiger partial charge on any atom is 0.126 e. The number of hydrogen-bond donors (Lipinski definition) is 2. The lowest BCUT2D eigenvalue weighted by molar-refractivity contribution is 0.145. The normalized spacial score (nSPS) is 14.1. The van der Waals surface area contributed by atoms with E-state index in [0.717, 1.165) is 5.56 Å². The predicted molar refractivity (Wildman–Crippen MR) is 79.3 cm³/mol. The molecule has 0 fully saturated rings. The smallest absolute Gasteiger partial charge is 0.126 e. The third-order valence-corrected chi connectivity index (χ3v) is 3.56. The summed E-state index contributed by atoms with van der Waals surface area (Å²) >= 11 is 6.00. The second-order valence-corrected chi connectivity index (χ2v) is 5.31. The van der Waals surface area contributed by atoms with Crippen molar-refractivity contribution in [3.8, 4) is 0 Å². The minimum absolute atomic E-state index is 0.146. The topological polar surface area (TPSA) is 46.2 Å². The number of hydrogen-bond acceptors (Lipinski definition) is 2. The highest BCUT2D eigenvalue weighted by Crippen LogP contribution is 2.33. The zero-order valence-electron chi connectivity index (χ0n) is 11.2. The van der Waals surface area contributed by atoms with Gasteiger partial charge in [0.15, 0.2) is 0 Å². The zero-order valence-corrected chi connectivity index (χ0v) is 11.9. The molecule has 2 rings (SSSR count). The molecule has 0 saturated heterocycles. The van der Waals surface area contributed by atoms with Gasteiger partial charge in [0.1, 0.15) is 5.82 Å². The van der Waals surface area contributed by atoms with Gasteiger partial charge in [0, 0.05) is 17.5 Å². The van der Waals surface area contributed by atoms with E-state index in [1.807, 2.05) is 13.0 Å². The second kappa shape index (κ2) is 6.35. The summed E-state index contributed by atoms with van der Waals surface area (Å²) in [6.45, 7) is 2.04. The van der Waals surface area contributed by atoms with Gasteiger partial charge in [-0.15, -0.1) is 0 Å². The highest BCUT2D eigenvalue weighted by molar-refractivity contribution is 6.30. The van der Waals surface area contributed by atoms with Gasteiger partial charge in [-0.25, -0.2) is 4.39 Å². The Bertz CT molecular complexity index is 583. The molecule has 0 radical (unpaired) electrons. The first kappa shape index (κ1) is 15.0. The molecule has 0 aliphatic heterocycles. The van der Waals surface area contributed by atoms with Gasteiger partial charge in [-0.3, -0.25) is 0 Å². The molecule has 0 amide bonds. The Morgan fingerprint density at radius 2 is 1.95 bits per heavy atom.